The predicted molar refractivity (Wildman–Crippen MR) is 111 cm³/mol. The first-order valence-corrected chi connectivity index (χ1v) is 8.72. The molecule has 0 spiro atoms. The van der Waals surface area contributed by atoms with Crippen LogP contribution in [0.2, 0.25) is 0 Å². The summed E-state index contributed by atoms with van der Waals surface area (Å²) >= 11 is 0. The molecule has 0 fully saturated rings. The largest absolute Gasteiger partial charge is 2.00 e. The molecule has 0 N–H and O–H groups in total. The zero-order valence-corrected chi connectivity index (χ0v) is 19.8. The van der Waals surface area contributed by atoms with Gasteiger partial charge in [-0.3, -0.25) is 9.98 Å². The van der Waals surface area contributed by atoms with Gasteiger partial charge in [-0.25, -0.2) is 4.98 Å². The van der Waals surface area contributed by atoms with Crippen LogP contribution in [0.15, 0.2) is 64.6 Å². The number of nitrogens with zero attached hydrogens (tertiary/aromatic N) is 3. The maximum Gasteiger partial charge on any atom is 2.00 e. The first kappa shape index (κ1) is 27.1. The van der Waals surface area contributed by atoms with Crippen LogP contribution in [0.25, 0.3) is 0 Å². The smallest absolute Gasteiger partial charge is 1.00 e. The normalized spacial score (nSPS) is 10.3. The number of pyridine rings is 1. The van der Waals surface area contributed by atoms with Gasteiger partial charge in [0.2, 0.25) is 0 Å². The summed E-state index contributed by atoms with van der Waals surface area (Å²) in [5, 5.41) is 0. The molecule has 0 unspecified atom stereocenters. The molecule has 3 aromatic rings. The molecule has 3 nitrogen and oxygen atoms in total. The Kier molecular flexibility index (Phi) is 11.8. The molecule has 1 aromatic heterocycles. The van der Waals surface area contributed by atoms with Crippen LogP contribution in [0.1, 0.15) is 33.6 Å². The molecule has 2 aromatic carbocycles. The van der Waals surface area contributed by atoms with Crippen molar-refractivity contribution < 1.29 is 43.4 Å². The van der Waals surface area contributed by atoms with Crippen molar-refractivity contribution in [1.82, 2.24) is 4.98 Å². The SMILES string of the molecule is Cc1cccc(C)c1N=Cc1cccc(C=Nc2c(C)cccc2C)n1.[Cl-].[Cl-].[V+2]. The number of para-hydroxylation sites is 2. The number of aromatic nitrogens is 1. The van der Waals surface area contributed by atoms with Crippen molar-refractivity contribution >= 4 is 23.8 Å². The number of aryl methyl sites for hydroxylation is 4. The summed E-state index contributed by atoms with van der Waals surface area (Å²) in [6, 6.07) is 18.3. The Balaban J connectivity index is 0.00000261. The van der Waals surface area contributed by atoms with Gasteiger partial charge in [0.1, 0.15) is 0 Å². The number of rotatable bonds is 4. The fourth-order valence-corrected chi connectivity index (χ4v) is 2.89. The summed E-state index contributed by atoms with van der Waals surface area (Å²) in [5.74, 6) is 0. The molecule has 0 bridgehead atoms. The third-order valence-corrected chi connectivity index (χ3v) is 4.32. The summed E-state index contributed by atoms with van der Waals surface area (Å²) in [5.41, 5.74) is 8.29. The molecule has 0 saturated carbocycles. The van der Waals surface area contributed by atoms with E-state index in [1.807, 2.05) is 42.8 Å². The molecule has 0 aliphatic carbocycles. The minimum Gasteiger partial charge on any atom is -1.00 e. The topological polar surface area (TPSA) is 37.6 Å². The molecule has 1 heterocycles. The van der Waals surface area contributed by atoms with E-state index in [-0.39, 0.29) is 43.4 Å². The zero-order chi connectivity index (χ0) is 18.5. The Morgan fingerprint density at radius 3 is 1.24 bits per heavy atom. The fraction of sp³-hybridized carbons (Fsp3) is 0.174. The Hall–Kier alpha value is -1.91. The summed E-state index contributed by atoms with van der Waals surface area (Å²) in [4.78, 5) is 13.9. The van der Waals surface area contributed by atoms with E-state index in [9.17, 15) is 0 Å². The number of hydrogen-bond donors (Lipinski definition) is 0. The molecule has 3 rings (SSSR count). The van der Waals surface area contributed by atoms with Gasteiger partial charge in [-0.1, -0.05) is 42.5 Å². The van der Waals surface area contributed by atoms with Gasteiger partial charge >= 0.3 is 18.6 Å². The fourth-order valence-electron chi connectivity index (χ4n) is 2.89. The molecule has 0 aliphatic rings. The number of aliphatic imine (C=N–C) groups is 2. The quantitative estimate of drug-likeness (QED) is 0.495. The summed E-state index contributed by atoms with van der Waals surface area (Å²) in [6.07, 6.45) is 3.62. The van der Waals surface area contributed by atoms with Gasteiger partial charge in [-0.15, -0.1) is 0 Å². The van der Waals surface area contributed by atoms with E-state index in [1.165, 1.54) is 0 Å². The van der Waals surface area contributed by atoms with E-state index < -0.39 is 0 Å². The van der Waals surface area contributed by atoms with Crippen LogP contribution in [-0.2, 0) is 18.6 Å². The summed E-state index contributed by atoms with van der Waals surface area (Å²) in [6.45, 7) is 8.28. The van der Waals surface area contributed by atoms with E-state index in [0.29, 0.717) is 0 Å². The molecular formula is C23H23Cl2N3V. The van der Waals surface area contributed by atoms with Gasteiger partial charge in [-0.2, -0.15) is 0 Å². The number of halogens is 2. The Labute approximate surface area is 197 Å². The minimum absolute atomic E-state index is 0. The van der Waals surface area contributed by atoms with Crippen molar-refractivity contribution in [2.45, 2.75) is 27.7 Å². The van der Waals surface area contributed by atoms with Crippen LogP contribution in [0, 0.1) is 27.7 Å². The van der Waals surface area contributed by atoms with Crippen molar-refractivity contribution in [3.8, 4) is 0 Å². The summed E-state index contributed by atoms with van der Waals surface area (Å²) in [7, 11) is 0. The van der Waals surface area contributed by atoms with Crippen molar-refractivity contribution in [2.75, 3.05) is 0 Å². The van der Waals surface area contributed by atoms with E-state index in [4.69, 9.17) is 0 Å². The molecule has 149 valence electrons. The van der Waals surface area contributed by atoms with Gasteiger partial charge in [0.15, 0.2) is 0 Å². The van der Waals surface area contributed by atoms with Gasteiger partial charge in [0.25, 0.3) is 0 Å². The van der Waals surface area contributed by atoms with Crippen LogP contribution < -0.4 is 24.8 Å². The molecule has 0 saturated heterocycles. The van der Waals surface area contributed by atoms with E-state index in [0.717, 1.165) is 45.0 Å². The van der Waals surface area contributed by atoms with Gasteiger partial charge < -0.3 is 24.8 Å². The Morgan fingerprint density at radius 2 is 0.897 bits per heavy atom. The van der Waals surface area contributed by atoms with Gasteiger partial charge in [0, 0.05) is 0 Å². The van der Waals surface area contributed by atoms with Crippen LogP contribution in [0.4, 0.5) is 11.4 Å². The van der Waals surface area contributed by atoms with Crippen LogP contribution in [0.5, 0.6) is 0 Å². The first-order chi connectivity index (χ1) is 12.5. The van der Waals surface area contributed by atoms with E-state index >= 15 is 0 Å². The second kappa shape index (κ2) is 12.6. The molecule has 0 atom stereocenters. The number of benzene rings is 2. The molecular weight excluding hydrogens is 440 g/mol. The van der Waals surface area contributed by atoms with Crippen LogP contribution in [-0.4, -0.2) is 17.4 Å². The average molecular weight is 463 g/mol. The standard InChI is InChI=1S/C23H23N3.2ClH.V/c1-16-8-5-9-17(2)22(16)24-14-20-12-7-13-21(26-20)15-25-23-18(3)10-6-11-19(23)4;;;/h5-15H,1-4H3;2*1H;/q;;;+2/p-2. The molecule has 0 aliphatic heterocycles. The van der Waals surface area contributed by atoms with Crippen molar-refractivity contribution in [1.29, 1.82) is 0 Å². The van der Waals surface area contributed by atoms with E-state index in [2.05, 4.69) is 66.9 Å². The molecule has 1 radical (unpaired) electrons. The monoisotopic (exact) mass is 462 g/mol. The average Bonchev–Trinajstić information content (AvgIpc) is 2.61. The summed E-state index contributed by atoms with van der Waals surface area (Å²) < 4.78 is 0. The maximum atomic E-state index is 4.63. The molecule has 29 heavy (non-hydrogen) atoms. The maximum absolute atomic E-state index is 4.63. The van der Waals surface area contributed by atoms with Gasteiger partial charge in [-0.05, 0) is 62.1 Å². The minimum atomic E-state index is 0. The molecule has 0 amide bonds. The third kappa shape index (κ3) is 7.13. The predicted octanol–water partition coefficient (Wildman–Crippen LogP) is -0.178. The van der Waals surface area contributed by atoms with Gasteiger partial charge in [0.05, 0.1) is 35.2 Å². The first-order valence-electron chi connectivity index (χ1n) is 8.72. The Bertz CT molecular complexity index is 884. The van der Waals surface area contributed by atoms with Crippen molar-refractivity contribution in [3.05, 3.63) is 88.2 Å². The van der Waals surface area contributed by atoms with E-state index in [1.54, 1.807) is 0 Å². The molecule has 6 heteroatoms. The van der Waals surface area contributed by atoms with Crippen LogP contribution in [0.3, 0.4) is 0 Å². The number of hydrogen-bond acceptors (Lipinski definition) is 3. The second-order valence-electron chi connectivity index (χ2n) is 6.48. The Morgan fingerprint density at radius 1 is 0.586 bits per heavy atom. The third-order valence-electron chi connectivity index (χ3n) is 4.32. The second-order valence-corrected chi connectivity index (χ2v) is 6.48. The van der Waals surface area contributed by atoms with Crippen molar-refractivity contribution in [3.63, 3.8) is 0 Å². The van der Waals surface area contributed by atoms with Crippen LogP contribution >= 0.6 is 0 Å². The zero-order valence-electron chi connectivity index (χ0n) is 16.9. The van der Waals surface area contributed by atoms with Crippen molar-refractivity contribution in [2.24, 2.45) is 9.98 Å².